The SMILES string of the molecule is CC[S@](=O)CCNC(=O)c1nc2ccccc2c(=O)[nH]1. The van der Waals surface area contributed by atoms with Crippen molar-refractivity contribution in [2.45, 2.75) is 6.92 Å². The van der Waals surface area contributed by atoms with Crippen molar-refractivity contribution in [1.29, 1.82) is 0 Å². The third kappa shape index (κ3) is 3.30. The average molecular weight is 293 g/mol. The van der Waals surface area contributed by atoms with Crippen molar-refractivity contribution in [3.05, 3.63) is 40.4 Å². The van der Waals surface area contributed by atoms with Crippen LogP contribution in [0.15, 0.2) is 29.1 Å². The number of H-pyrrole nitrogens is 1. The second kappa shape index (κ2) is 6.42. The lowest BCUT2D eigenvalue weighted by Gasteiger charge is -2.05. The molecule has 2 N–H and O–H groups in total. The highest BCUT2D eigenvalue weighted by atomic mass is 32.2. The molecule has 0 aliphatic carbocycles. The van der Waals surface area contributed by atoms with E-state index >= 15 is 0 Å². The molecule has 7 heteroatoms. The van der Waals surface area contributed by atoms with Gasteiger partial charge in [-0.25, -0.2) is 4.98 Å². The molecule has 1 aromatic carbocycles. The number of amides is 1. The Morgan fingerprint density at radius 3 is 2.90 bits per heavy atom. The highest BCUT2D eigenvalue weighted by Crippen LogP contribution is 2.05. The quantitative estimate of drug-likeness (QED) is 0.836. The van der Waals surface area contributed by atoms with Gasteiger partial charge in [-0.1, -0.05) is 19.1 Å². The maximum absolute atomic E-state index is 11.9. The zero-order valence-electron chi connectivity index (χ0n) is 11.0. The lowest BCUT2D eigenvalue weighted by atomic mass is 10.2. The summed E-state index contributed by atoms with van der Waals surface area (Å²) in [5.74, 6) is 0.443. The topological polar surface area (TPSA) is 91.9 Å². The molecule has 0 spiro atoms. The predicted molar refractivity (Wildman–Crippen MR) is 78.2 cm³/mol. The second-order valence-corrected chi connectivity index (χ2v) is 5.99. The Labute approximate surface area is 118 Å². The van der Waals surface area contributed by atoms with E-state index in [9.17, 15) is 13.8 Å². The summed E-state index contributed by atoms with van der Waals surface area (Å²) in [7, 11) is -0.934. The van der Waals surface area contributed by atoms with E-state index in [1.165, 1.54) is 0 Å². The summed E-state index contributed by atoms with van der Waals surface area (Å²) in [6.45, 7) is 2.11. The van der Waals surface area contributed by atoms with Gasteiger partial charge in [0.25, 0.3) is 11.5 Å². The molecule has 20 heavy (non-hydrogen) atoms. The molecule has 2 rings (SSSR count). The minimum absolute atomic E-state index is 0.0315. The number of para-hydroxylation sites is 1. The maximum atomic E-state index is 11.9. The summed E-state index contributed by atoms with van der Waals surface area (Å²) in [6.07, 6.45) is 0. The number of aromatic nitrogens is 2. The molecule has 0 saturated carbocycles. The molecular weight excluding hydrogens is 278 g/mol. The number of hydrogen-bond donors (Lipinski definition) is 2. The first-order valence-electron chi connectivity index (χ1n) is 6.24. The summed E-state index contributed by atoms with van der Waals surface area (Å²) < 4.78 is 11.2. The van der Waals surface area contributed by atoms with Crippen LogP contribution >= 0.6 is 0 Å². The van der Waals surface area contributed by atoms with Gasteiger partial charge in [0.1, 0.15) is 0 Å². The highest BCUT2D eigenvalue weighted by molar-refractivity contribution is 7.84. The van der Waals surface area contributed by atoms with Crippen molar-refractivity contribution in [2.24, 2.45) is 0 Å². The average Bonchev–Trinajstić information content (AvgIpc) is 2.46. The van der Waals surface area contributed by atoms with Crippen molar-refractivity contribution in [3.8, 4) is 0 Å². The molecule has 0 saturated heterocycles. The van der Waals surface area contributed by atoms with E-state index < -0.39 is 16.7 Å². The summed E-state index contributed by atoms with van der Waals surface area (Å²) >= 11 is 0. The summed E-state index contributed by atoms with van der Waals surface area (Å²) in [6, 6.07) is 6.81. The van der Waals surface area contributed by atoms with E-state index in [1.54, 1.807) is 24.3 Å². The molecule has 1 aromatic heterocycles. The van der Waals surface area contributed by atoms with E-state index in [0.717, 1.165) is 0 Å². The molecular formula is C13H15N3O3S. The number of fused-ring (bicyclic) bond motifs is 1. The number of carbonyl (C=O) groups is 1. The van der Waals surface area contributed by atoms with Crippen LogP contribution in [-0.4, -0.2) is 38.1 Å². The normalized spacial score (nSPS) is 12.2. The van der Waals surface area contributed by atoms with Crippen molar-refractivity contribution >= 4 is 27.6 Å². The fourth-order valence-corrected chi connectivity index (χ4v) is 2.32. The molecule has 0 aliphatic heterocycles. The molecule has 1 atom stereocenters. The van der Waals surface area contributed by atoms with Crippen molar-refractivity contribution < 1.29 is 9.00 Å². The largest absolute Gasteiger partial charge is 0.348 e. The molecule has 0 bridgehead atoms. The monoisotopic (exact) mass is 293 g/mol. The van der Waals surface area contributed by atoms with Gasteiger partial charge < -0.3 is 10.3 Å². The Kier molecular flexibility index (Phi) is 4.62. The zero-order chi connectivity index (χ0) is 14.5. The van der Waals surface area contributed by atoms with Gasteiger partial charge in [0.2, 0.25) is 0 Å². The van der Waals surface area contributed by atoms with Gasteiger partial charge in [0.05, 0.1) is 10.9 Å². The molecule has 0 unspecified atom stereocenters. The Hall–Kier alpha value is -2.02. The van der Waals surface area contributed by atoms with E-state index in [1.807, 2.05) is 6.92 Å². The first-order chi connectivity index (χ1) is 9.61. The standard InChI is InChI=1S/C13H15N3O3S/c1-2-20(19)8-7-14-13(18)11-15-10-6-4-3-5-9(10)12(17)16-11/h3-6H,2,7-8H2,1H3,(H,14,18)(H,15,16,17)/t20-/m0/s1. The lowest BCUT2D eigenvalue weighted by molar-refractivity contribution is 0.0946. The highest BCUT2D eigenvalue weighted by Gasteiger charge is 2.10. The predicted octanol–water partition coefficient (Wildman–Crippen LogP) is 0.421. The summed E-state index contributed by atoms with van der Waals surface area (Å²) in [4.78, 5) is 30.2. The van der Waals surface area contributed by atoms with Crippen molar-refractivity contribution in [3.63, 3.8) is 0 Å². The van der Waals surface area contributed by atoms with Crippen LogP contribution in [-0.2, 0) is 10.8 Å². The van der Waals surface area contributed by atoms with Gasteiger partial charge in [-0.05, 0) is 12.1 Å². The molecule has 0 radical (unpaired) electrons. The Morgan fingerprint density at radius 2 is 2.15 bits per heavy atom. The minimum Gasteiger partial charge on any atom is -0.348 e. The van der Waals surface area contributed by atoms with Crippen LogP contribution in [0, 0.1) is 0 Å². The summed E-state index contributed by atoms with van der Waals surface area (Å²) in [5, 5.41) is 3.03. The maximum Gasteiger partial charge on any atom is 0.287 e. The number of nitrogens with one attached hydrogen (secondary N) is 2. The van der Waals surface area contributed by atoms with Gasteiger partial charge in [0.15, 0.2) is 5.82 Å². The zero-order valence-corrected chi connectivity index (χ0v) is 11.8. The first-order valence-corrected chi connectivity index (χ1v) is 7.73. The van der Waals surface area contributed by atoms with Crippen LogP contribution in [0.1, 0.15) is 17.5 Å². The Balaban J connectivity index is 2.14. The molecule has 6 nitrogen and oxygen atoms in total. The number of carbonyl (C=O) groups excluding carboxylic acids is 1. The second-order valence-electron chi connectivity index (χ2n) is 4.12. The summed E-state index contributed by atoms with van der Waals surface area (Å²) in [5.41, 5.74) is 0.122. The van der Waals surface area contributed by atoms with Crippen molar-refractivity contribution in [2.75, 3.05) is 18.1 Å². The number of rotatable bonds is 5. The number of hydrogen-bond acceptors (Lipinski definition) is 4. The van der Waals surface area contributed by atoms with Gasteiger partial charge in [0, 0.05) is 28.9 Å². The minimum atomic E-state index is -0.934. The van der Waals surface area contributed by atoms with E-state index in [-0.39, 0.29) is 17.9 Å². The fraction of sp³-hybridized carbons (Fsp3) is 0.308. The smallest absolute Gasteiger partial charge is 0.287 e. The first kappa shape index (κ1) is 14.4. The Bertz CT molecular complexity index is 711. The number of nitrogens with zero attached hydrogens (tertiary/aromatic N) is 1. The number of benzene rings is 1. The van der Waals surface area contributed by atoms with Crippen LogP contribution in [0.4, 0.5) is 0 Å². The van der Waals surface area contributed by atoms with Crippen LogP contribution in [0.2, 0.25) is 0 Å². The number of aromatic amines is 1. The van der Waals surface area contributed by atoms with Crippen molar-refractivity contribution in [1.82, 2.24) is 15.3 Å². The fourth-order valence-electron chi connectivity index (χ4n) is 1.70. The van der Waals surface area contributed by atoms with Crippen LogP contribution in [0.25, 0.3) is 10.9 Å². The molecule has 0 fully saturated rings. The molecule has 0 aliphatic rings. The third-order valence-electron chi connectivity index (χ3n) is 2.77. The van der Waals surface area contributed by atoms with Gasteiger partial charge in [-0.3, -0.25) is 13.8 Å². The van der Waals surface area contributed by atoms with E-state index in [4.69, 9.17) is 0 Å². The lowest BCUT2D eigenvalue weighted by Crippen LogP contribution is -2.31. The van der Waals surface area contributed by atoms with Crippen LogP contribution < -0.4 is 10.9 Å². The van der Waals surface area contributed by atoms with Crippen LogP contribution in [0.5, 0.6) is 0 Å². The molecule has 1 amide bonds. The Morgan fingerprint density at radius 1 is 1.40 bits per heavy atom. The van der Waals surface area contributed by atoms with E-state index in [2.05, 4.69) is 15.3 Å². The van der Waals surface area contributed by atoms with Crippen LogP contribution in [0.3, 0.4) is 0 Å². The third-order valence-corrected chi connectivity index (χ3v) is 4.07. The molecule has 106 valence electrons. The van der Waals surface area contributed by atoms with E-state index in [0.29, 0.717) is 22.4 Å². The molecule has 1 heterocycles. The molecule has 2 aromatic rings. The van der Waals surface area contributed by atoms with Gasteiger partial charge in [-0.2, -0.15) is 0 Å². The van der Waals surface area contributed by atoms with Gasteiger partial charge in [-0.15, -0.1) is 0 Å². The van der Waals surface area contributed by atoms with Gasteiger partial charge >= 0.3 is 0 Å².